The third kappa shape index (κ3) is 3.58. The summed E-state index contributed by atoms with van der Waals surface area (Å²) in [6.07, 6.45) is 5.43. The van der Waals surface area contributed by atoms with Gasteiger partial charge < -0.3 is 18.9 Å². The highest BCUT2D eigenvalue weighted by atomic mass is 19.1. The molecule has 6 nitrogen and oxygen atoms in total. The van der Waals surface area contributed by atoms with Crippen LogP contribution >= 0.6 is 0 Å². The number of nitrogens with zero attached hydrogens (tertiary/aromatic N) is 3. The molecule has 0 fully saturated rings. The summed E-state index contributed by atoms with van der Waals surface area (Å²) in [6.45, 7) is 3.77. The predicted octanol–water partition coefficient (Wildman–Crippen LogP) is 6.16. The van der Waals surface area contributed by atoms with Crippen LogP contribution < -0.4 is 10.1 Å². The van der Waals surface area contributed by atoms with Crippen LogP contribution in [0.3, 0.4) is 0 Å². The molecule has 0 saturated carbocycles. The highest BCUT2D eigenvalue weighted by molar-refractivity contribution is 5.78. The van der Waals surface area contributed by atoms with Crippen molar-refractivity contribution in [1.29, 1.82) is 0 Å². The van der Waals surface area contributed by atoms with Gasteiger partial charge in [-0.15, -0.1) is 0 Å². The Morgan fingerprint density at radius 2 is 1.94 bits per heavy atom. The van der Waals surface area contributed by atoms with Crippen molar-refractivity contribution < 1.29 is 13.5 Å². The van der Waals surface area contributed by atoms with Crippen LogP contribution in [0.5, 0.6) is 5.75 Å². The van der Waals surface area contributed by atoms with Crippen LogP contribution in [0.15, 0.2) is 71.5 Å². The van der Waals surface area contributed by atoms with Gasteiger partial charge in [-0.2, -0.15) is 0 Å². The monoisotopic (exact) mass is 428 g/mol. The first-order valence-electron chi connectivity index (χ1n) is 10.1. The van der Waals surface area contributed by atoms with E-state index >= 15 is 0 Å². The number of fused-ring (bicyclic) bond motifs is 1. The number of rotatable bonds is 5. The third-order valence-electron chi connectivity index (χ3n) is 5.34. The number of halogens is 1. The number of ether oxygens (including phenoxy) is 1. The molecule has 0 bridgehead atoms. The zero-order valence-corrected chi connectivity index (χ0v) is 17.9. The van der Waals surface area contributed by atoms with Gasteiger partial charge in [0.25, 0.3) is 0 Å². The minimum absolute atomic E-state index is 0.367. The quantitative estimate of drug-likeness (QED) is 0.363. The Morgan fingerprint density at radius 1 is 1.06 bits per heavy atom. The number of pyridine rings is 1. The number of aromatic nitrogens is 3. The summed E-state index contributed by atoms with van der Waals surface area (Å²) in [5.74, 6) is 1.28. The first-order valence-corrected chi connectivity index (χ1v) is 10.1. The number of benzene rings is 2. The molecular weight excluding hydrogens is 407 g/mol. The molecule has 0 aliphatic carbocycles. The van der Waals surface area contributed by atoms with Gasteiger partial charge >= 0.3 is 0 Å². The Balaban J connectivity index is 1.50. The number of oxazole rings is 1. The van der Waals surface area contributed by atoms with Crippen LogP contribution in [0.25, 0.3) is 28.2 Å². The highest BCUT2D eigenvalue weighted by Crippen LogP contribution is 2.31. The summed E-state index contributed by atoms with van der Waals surface area (Å²) in [6, 6.07) is 14.7. The number of hydrogen-bond acceptors (Lipinski definition) is 5. The van der Waals surface area contributed by atoms with Crippen molar-refractivity contribution in [1.82, 2.24) is 14.4 Å². The molecule has 3 heterocycles. The molecule has 32 heavy (non-hydrogen) atoms. The molecule has 7 heteroatoms. The summed E-state index contributed by atoms with van der Waals surface area (Å²) < 4.78 is 27.5. The van der Waals surface area contributed by atoms with Gasteiger partial charge in [-0.25, -0.2) is 14.4 Å². The second-order valence-corrected chi connectivity index (χ2v) is 7.52. The maximum absolute atomic E-state index is 14.7. The molecule has 0 amide bonds. The molecule has 0 saturated heterocycles. The molecule has 0 radical (unpaired) electrons. The second kappa shape index (κ2) is 7.85. The van der Waals surface area contributed by atoms with E-state index in [-0.39, 0.29) is 0 Å². The van der Waals surface area contributed by atoms with Crippen molar-refractivity contribution in [2.24, 2.45) is 0 Å². The smallest absolute Gasteiger partial charge is 0.191 e. The summed E-state index contributed by atoms with van der Waals surface area (Å²) in [4.78, 5) is 8.87. The van der Waals surface area contributed by atoms with E-state index in [0.29, 0.717) is 22.9 Å². The van der Waals surface area contributed by atoms with Gasteiger partial charge in [-0.05, 0) is 55.0 Å². The molecule has 2 aromatic carbocycles. The van der Waals surface area contributed by atoms with E-state index in [0.717, 1.165) is 33.9 Å². The topological polar surface area (TPSA) is 64.6 Å². The Labute approximate surface area is 184 Å². The van der Waals surface area contributed by atoms with E-state index in [1.807, 2.05) is 54.0 Å². The number of nitrogens with one attached hydrogen (secondary N) is 1. The molecular formula is C25H21FN4O2. The summed E-state index contributed by atoms with van der Waals surface area (Å²) >= 11 is 0. The standard InChI is InChI=1S/C25H21FN4O2/c1-15-6-8-18(31-3)12-20(15)23-14-30-10-4-5-22(25(30)29-23)28-17-7-9-19(21(26)11-17)24-13-27-16(2)32-24/h4-14,28H,1-3H3. The largest absolute Gasteiger partial charge is 0.497 e. The van der Waals surface area contributed by atoms with Gasteiger partial charge in [0.1, 0.15) is 11.6 Å². The fraction of sp³-hybridized carbons (Fsp3) is 0.120. The van der Waals surface area contributed by atoms with Gasteiger partial charge in [-0.3, -0.25) is 0 Å². The molecule has 160 valence electrons. The average Bonchev–Trinajstić information content (AvgIpc) is 3.41. The molecule has 1 N–H and O–H groups in total. The van der Waals surface area contributed by atoms with Crippen LogP contribution in [0.2, 0.25) is 0 Å². The van der Waals surface area contributed by atoms with Crippen molar-refractivity contribution in [2.75, 3.05) is 12.4 Å². The van der Waals surface area contributed by atoms with Crippen LogP contribution in [-0.2, 0) is 0 Å². The van der Waals surface area contributed by atoms with Crippen molar-refractivity contribution in [3.63, 3.8) is 0 Å². The lowest BCUT2D eigenvalue weighted by atomic mass is 10.1. The van der Waals surface area contributed by atoms with E-state index in [1.165, 1.54) is 12.3 Å². The van der Waals surface area contributed by atoms with E-state index in [1.54, 1.807) is 26.2 Å². The van der Waals surface area contributed by atoms with Gasteiger partial charge in [0, 0.05) is 30.6 Å². The summed E-state index contributed by atoms with van der Waals surface area (Å²) in [7, 11) is 1.65. The maximum atomic E-state index is 14.7. The zero-order valence-electron chi connectivity index (χ0n) is 17.9. The van der Waals surface area contributed by atoms with E-state index < -0.39 is 5.82 Å². The van der Waals surface area contributed by atoms with E-state index in [2.05, 4.69) is 10.3 Å². The van der Waals surface area contributed by atoms with Crippen LogP contribution in [0, 0.1) is 19.7 Å². The molecule has 0 aliphatic heterocycles. The number of hydrogen-bond donors (Lipinski definition) is 1. The van der Waals surface area contributed by atoms with E-state index in [9.17, 15) is 4.39 Å². The van der Waals surface area contributed by atoms with Gasteiger partial charge in [0.2, 0.25) is 0 Å². The molecule has 5 rings (SSSR count). The number of anilines is 2. The van der Waals surface area contributed by atoms with Crippen molar-refractivity contribution >= 4 is 17.0 Å². The first-order chi connectivity index (χ1) is 15.5. The molecule has 5 aromatic rings. The summed E-state index contributed by atoms with van der Waals surface area (Å²) in [5.41, 5.74) is 5.41. The van der Waals surface area contributed by atoms with Crippen LogP contribution in [0.4, 0.5) is 15.8 Å². The summed E-state index contributed by atoms with van der Waals surface area (Å²) in [5, 5.41) is 3.28. The third-order valence-corrected chi connectivity index (χ3v) is 5.34. The van der Waals surface area contributed by atoms with Crippen molar-refractivity contribution in [2.45, 2.75) is 13.8 Å². The van der Waals surface area contributed by atoms with Crippen molar-refractivity contribution in [3.05, 3.63) is 84.4 Å². The van der Waals surface area contributed by atoms with E-state index in [4.69, 9.17) is 14.1 Å². The van der Waals surface area contributed by atoms with Crippen molar-refractivity contribution in [3.8, 4) is 28.3 Å². The highest BCUT2D eigenvalue weighted by Gasteiger charge is 2.13. The first kappa shape index (κ1) is 19.8. The second-order valence-electron chi connectivity index (χ2n) is 7.52. The molecule has 0 atom stereocenters. The Bertz CT molecular complexity index is 1440. The zero-order chi connectivity index (χ0) is 22.2. The SMILES string of the molecule is COc1ccc(C)c(-c2cn3cccc(Nc4ccc(-c5cnc(C)o5)c(F)c4)c3n2)c1. The lowest BCUT2D eigenvalue weighted by Gasteiger charge is -2.09. The minimum Gasteiger partial charge on any atom is -0.497 e. The Hall–Kier alpha value is -4.13. The van der Waals surface area contributed by atoms with Crippen LogP contribution in [0.1, 0.15) is 11.5 Å². The minimum atomic E-state index is -0.394. The molecule has 3 aromatic heterocycles. The Kier molecular flexibility index (Phi) is 4.86. The predicted molar refractivity (Wildman–Crippen MR) is 122 cm³/mol. The number of imidazole rings is 1. The van der Waals surface area contributed by atoms with Gasteiger partial charge in [0.15, 0.2) is 17.3 Å². The lowest BCUT2D eigenvalue weighted by Crippen LogP contribution is -1.95. The average molecular weight is 428 g/mol. The van der Waals surface area contributed by atoms with Crippen LogP contribution in [-0.4, -0.2) is 21.5 Å². The number of aryl methyl sites for hydroxylation is 2. The molecule has 0 spiro atoms. The Morgan fingerprint density at radius 3 is 2.69 bits per heavy atom. The maximum Gasteiger partial charge on any atom is 0.191 e. The molecule has 0 unspecified atom stereocenters. The van der Waals surface area contributed by atoms with Gasteiger partial charge in [0.05, 0.1) is 30.3 Å². The van der Waals surface area contributed by atoms with Gasteiger partial charge in [-0.1, -0.05) is 6.07 Å². The fourth-order valence-corrected chi connectivity index (χ4v) is 3.68. The normalized spacial score (nSPS) is 11.1. The molecule has 0 aliphatic rings. The fourth-order valence-electron chi connectivity index (χ4n) is 3.68. The lowest BCUT2D eigenvalue weighted by molar-refractivity contribution is 0.415. The number of methoxy groups -OCH3 is 1.